The summed E-state index contributed by atoms with van der Waals surface area (Å²) in [5.41, 5.74) is 0.364. The third kappa shape index (κ3) is 2.46. The summed E-state index contributed by atoms with van der Waals surface area (Å²) in [6, 6.07) is 3.37. The van der Waals surface area contributed by atoms with Gasteiger partial charge in [-0.25, -0.2) is 8.78 Å². The van der Waals surface area contributed by atoms with Crippen LogP contribution in [0.15, 0.2) is 18.2 Å². The predicted octanol–water partition coefficient (Wildman–Crippen LogP) is 3.32. The monoisotopic (exact) mass is 240 g/mol. The number of carbonyl (C=O) groups is 1. The van der Waals surface area contributed by atoms with Crippen LogP contribution in [0.2, 0.25) is 0 Å². The van der Waals surface area contributed by atoms with Crippen molar-refractivity contribution in [1.29, 1.82) is 0 Å². The second-order valence-electron chi connectivity index (χ2n) is 4.53. The van der Waals surface area contributed by atoms with E-state index in [1.165, 1.54) is 6.07 Å². The lowest BCUT2D eigenvalue weighted by atomic mass is 9.85. The van der Waals surface area contributed by atoms with Crippen molar-refractivity contribution in [3.05, 3.63) is 35.4 Å². The molecule has 17 heavy (non-hydrogen) atoms. The highest BCUT2D eigenvalue weighted by Crippen LogP contribution is 2.37. The van der Waals surface area contributed by atoms with E-state index >= 15 is 0 Å². The molecule has 1 aliphatic carbocycles. The van der Waals surface area contributed by atoms with Crippen LogP contribution in [0.5, 0.6) is 0 Å². The molecule has 1 atom stereocenters. The molecule has 1 aromatic carbocycles. The minimum Gasteiger partial charge on any atom is -0.481 e. The van der Waals surface area contributed by atoms with E-state index in [2.05, 4.69) is 0 Å². The Labute approximate surface area is 98.3 Å². The Kier molecular flexibility index (Phi) is 3.41. The van der Waals surface area contributed by atoms with Crippen molar-refractivity contribution in [2.24, 2.45) is 5.92 Å². The van der Waals surface area contributed by atoms with Crippen molar-refractivity contribution < 1.29 is 18.7 Å². The molecule has 1 aliphatic rings. The van der Waals surface area contributed by atoms with Gasteiger partial charge in [0.05, 0.1) is 5.92 Å². The molecule has 0 saturated heterocycles. The van der Waals surface area contributed by atoms with Crippen LogP contribution in [0, 0.1) is 17.6 Å². The molecule has 1 aromatic rings. The van der Waals surface area contributed by atoms with Crippen molar-refractivity contribution in [2.45, 2.75) is 31.6 Å². The van der Waals surface area contributed by atoms with Gasteiger partial charge in [0.2, 0.25) is 0 Å². The van der Waals surface area contributed by atoms with Crippen molar-refractivity contribution in [3.63, 3.8) is 0 Å². The van der Waals surface area contributed by atoms with Crippen LogP contribution < -0.4 is 0 Å². The average molecular weight is 240 g/mol. The Balaban J connectivity index is 2.31. The van der Waals surface area contributed by atoms with Gasteiger partial charge >= 0.3 is 5.97 Å². The summed E-state index contributed by atoms with van der Waals surface area (Å²) in [4.78, 5) is 11.3. The zero-order valence-corrected chi connectivity index (χ0v) is 9.33. The highest BCUT2D eigenvalue weighted by molar-refractivity contribution is 5.76. The normalized spacial score (nSPS) is 18.2. The van der Waals surface area contributed by atoms with Crippen molar-refractivity contribution in [3.8, 4) is 0 Å². The first-order valence-corrected chi connectivity index (χ1v) is 5.77. The lowest BCUT2D eigenvalue weighted by Crippen LogP contribution is -2.19. The van der Waals surface area contributed by atoms with Crippen LogP contribution in [-0.2, 0) is 4.79 Å². The molecule has 1 saturated carbocycles. The fraction of sp³-hybridized carbons (Fsp3) is 0.462. The molecule has 1 unspecified atom stereocenters. The Bertz CT molecular complexity index is 425. The lowest BCUT2D eigenvalue weighted by Gasteiger charge is -2.19. The number of halogens is 2. The van der Waals surface area contributed by atoms with Gasteiger partial charge in [0.15, 0.2) is 11.6 Å². The Morgan fingerprint density at radius 3 is 2.41 bits per heavy atom. The van der Waals surface area contributed by atoms with E-state index in [4.69, 9.17) is 0 Å². The molecule has 0 aromatic heterocycles. The molecule has 1 N–H and O–H groups in total. The van der Waals surface area contributed by atoms with Crippen LogP contribution in [0.4, 0.5) is 8.78 Å². The number of hydrogen-bond acceptors (Lipinski definition) is 1. The third-order valence-corrected chi connectivity index (χ3v) is 3.44. The van der Waals surface area contributed by atoms with E-state index in [1.54, 1.807) is 0 Å². The van der Waals surface area contributed by atoms with Crippen molar-refractivity contribution in [1.82, 2.24) is 0 Å². The maximum atomic E-state index is 13.1. The highest BCUT2D eigenvalue weighted by Gasteiger charge is 2.32. The molecule has 92 valence electrons. The minimum atomic E-state index is -0.980. The third-order valence-electron chi connectivity index (χ3n) is 3.44. The first-order chi connectivity index (χ1) is 8.09. The van der Waals surface area contributed by atoms with Crippen molar-refractivity contribution >= 4 is 5.97 Å². The molecule has 4 heteroatoms. The van der Waals surface area contributed by atoms with Gasteiger partial charge in [-0.15, -0.1) is 0 Å². The number of rotatable bonds is 3. The Morgan fingerprint density at radius 2 is 1.88 bits per heavy atom. The number of aliphatic carboxylic acids is 1. The SMILES string of the molecule is O=C(O)C(c1ccc(F)c(F)c1)C1CCCC1. The van der Waals surface area contributed by atoms with Gasteiger partial charge < -0.3 is 5.11 Å². The summed E-state index contributed by atoms with van der Waals surface area (Å²) < 4.78 is 25.9. The molecule has 0 bridgehead atoms. The van der Waals surface area contributed by atoms with Gasteiger partial charge in [-0.1, -0.05) is 18.9 Å². The lowest BCUT2D eigenvalue weighted by molar-refractivity contribution is -0.140. The average Bonchev–Trinajstić information content (AvgIpc) is 2.76. The Hall–Kier alpha value is -1.45. The molecule has 0 heterocycles. The predicted molar refractivity (Wildman–Crippen MR) is 58.7 cm³/mol. The molecular weight excluding hydrogens is 226 g/mol. The molecule has 1 fully saturated rings. The van der Waals surface area contributed by atoms with Crippen molar-refractivity contribution in [2.75, 3.05) is 0 Å². The summed E-state index contributed by atoms with van der Waals surface area (Å²) >= 11 is 0. The number of carboxylic acid groups (broad SMARTS) is 1. The minimum absolute atomic E-state index is 0.0392. The number of carboxylic acids is 1. The standard InChI is InChI=1S/C13H14F2O2/c14-10-6-5-9(7-11(10)15)12(13(16)17)8-3-1-2-4-8/h5-8,12H,1-4H2,(H,16,17). The van der Waals surface area contributed by atoms with E-state index in [0.717, 1.165) is 37.8 Å². The molecular formula is C13H14F2O2. The highest BCUT2D eigenvalue weighted by atomic mass is 19.2. The van der Waals surface area contributed by atoms with E-state index in [-0.39, 0.29) is 5.92 Å². The summed E-state index contributed by atoms with van der Waals surface area (Å²) in [5, 5.41) is 9.23. The smallest absolute Gasteiger partial charge is 0.311 e. The van der Waals surface area contributed by atoms with Gasteiger partial charge in [0, 0.05) is 0 Å². The first-order valence-electron chi connectivity index (χ1n) is 5.77. The molecule has 0 amide bonds. The maximum Gasteiger partial charge on any atom is 0.311 e. The Morgan fingerprint density at radius 1 is 1.24 bits per heavy atom. The molecule has 2 rings (SSSR count). The fourth-order valence-corrected chi connectivity index (χ4v) is 2.61. The van der Waals surface area contributed by atoms with Gasteiger partial charge in [-0.3, -0.25) is 4.79 Å². The van der Waals surface area contributed by atoms with Gasteiger partial charge in [-0.05, 0) is 36.5 Å². The largest absolute Gasteiger partial charge is 0.481 e. The molecule has 2 nitrogen and oxygen atoms in total. The summed E-state index contributed by atoms with van der Waals surface area (Å²) in [6.07, 6.45) is 3.71. The van der Waals surface area contributed by atoms with Crippen LogP contribution in [0.3, 0.4) is 0 Å². The van der Waals surface area contributed by atoms with Gasteiger partial charge in [0.1, 0.15) is 0 Å². The maximum absolute atomic E-state index is 13.1. The van der Waals surface area contributed by atoms with Crippen LogP contribution in [0.25, 0.3) is 0 Å². The number of hydrogen-bond donors (Lipinski definition) is 1. The van der Waals surface area contributed by atoms with Crippen LogP contribution in [0.1, 0.15) is 37.2 Å². The van der Waals surface area contributed by atoms with E-state index in [9.17, 15) is 18.7 Å². The van der Waals surface area contributed by atoms with Gasteiger partial charge in [0.25, 0.3) is 0 Å². The summed E-state index contributed by atoms with van der Waals surface area (Å²) in [6.45, 7) is 0. The topological polar surface area (TPSA) is 37.3 Å². The second-order valence-corrected chi connectivity index (χ2v) is 4.53. The molecule has 0 spiro atoms. The van der Waals surface area contributed by atoms with Crippen LogP contribution >= 0.6 is 0 Å². The van der Waals surface area contributed by atoms with Crippen LogP contribution in [-0.4, -0.2) is 11.1 Å². The van der Waals surface area contributed by atoms with E-state index < -0.39 is 23.5 Å². The molecule has 0 aliphatic heterocycles. The summed E-state index contributed by atoms with van der Waals surface area (Å²) in [7, 11) is 0. The molecule has 0 radical (unpaired) electrons. The summed E-state index contributed by atoms with van der Waals surface area (Å²) in [5.74, 6) is -3.55. The second kappa shape index (κ2) is 4.82. The van der Waals surface area contributed by atoms with E-state index in [1.807, 2.05) is 0 Å². The fourth-order valence-electron chi connectivity index (χ4n) is 2.61. The van der Waals surface area contributed by atoms with Gasteiger partial charge in [-0.2, -0.15) is 0 Å². The zero-order valence-electron chi connectivity index (χ0n) is 9.33. The quantitative estimate of drug-likeness (QED) is 0.879. The first kappa shape index (κ1) is 12.0. The number of benzene rings is 1. The van der Waals surface area contributed by atoms with E-state index in [0.29, 0.717) is 5.56 Å². The zero-order chi connectivity index (χ0) is 12.4.